The number of hydrogen-bond donors (Lipinski definition) is 3. The predicted octanol–water partition coefficient (Wildman–Crippen LogP) is 3.42. The number of aromatic nitrogens is 2. The maximum absolute atomic E-state index is 13.2. The van der Waals surface area contributed by atoms with Crippen LogP contribution in [-0.4, -0.2) is 51.0 Å². The van der Waals surface area contributed by atoms with Crippen LogP contribution in [0, 0.1) is 6.92 Å². The average molecular weight is 407 g/mol. The van der Waals surface area contributed by atoms with E-state index in [0.717, 1.165) is 22.4 Å². The first-order valence-electron chi connectivity index (χ1n) is 10.1. The fourth-order valence-corrected chi connectivity index (χ4v) is 4.00. The van der Waals surface area contributed by atoms with Crippen LogP contribution in [0.25, 0.3) is 11.3 Å². The van der Waals surface area contributed by atoms with Gasteiger partial charge in [0, 0.05) is 24.3 Å². The van der Waals surface area contributed by atoms with Crippen molar-refractivity contribution in [1.29, 1.82) is 0 Å². The van der Waals surface area contributed by atoms with Crippen LogP contribution in [0.1, 0.15) is 46.6 Å². The summed E-state index contributed by atoms with van der Waals surface area (Å²) in [6.07, 6.45) is 0.468. The number of phenolic OH excluding ortho intramolecular Hbond substituents is 1. The molecule has 0 saturated carbocycles. The van der Waals surface area contributed by atoms with Gasteiger partial charge in [-0.2, -0.15) is 5.10 Å². The number of nitrogens with one attached hydrogen (secondary N) is 1. The van der Waals surface area contributed by atoms with E-state index in [4.69, 9.17) is 4.74 Å². The van der Waals surface area contributed by atoms with Gasteiger partial charge in [0.05, 0.1) is 12.6 Å². The molecule has 2 heterocycles. The van der Waals surface area contributed by atoms with Gasteiger partial charge in [-0.3, -0.25) is 9.89 Å². The minimum Gasteiger partial charge on any atom is -0.507 e. The molecule has 3 N–H and O–H groups in total. The quantitative estimate of drug-likeness (QED) is 0.557. The number of phenols is 1. The second kappa shape index (κ2) is 8.20. The van der Waals surface area contributed by atoms with Gasteiger partial charge in [-0.05, 0) is 50.1 Å². The van der Waals surface area contributed by atoms with E-state index in [0.29, 0.717) is 36.5 Å². The van der Waals surface area contributed by atoms with Crippen LogP contribution >= 0.6 is 0 Å². The molecule has 0 fully saturated rings. The van der Waals surface area contributed by atoms with E-state index < -0.39 is 6.04 Å². The first-order chi connectivity index (χ1) is 14.5. The van der Waals surface area contributed by atoms with Crippen LogP contribution in [-0.2, 0) is 0 Å². The third-order valence-corrected chi connectivity index (χ3v) is 5.31. The topological polar surface area (TPSA) is 98.7 Å². The zero-order valence-electron chi connectivity index (χ0n) is 17.1. The van der Waals surface area contributed by atoms with Crippen molar-refractivity contribution in [2.45, 2.75) is 26.3 Å². The predicted molar refractivity (Wildman–Crippen MR) is 113 cm³/mol. The maximum Gasteiger partial charge on any atom is 0.273 e. The van der Waals surface area contributed by atoms with Crippen LogP contribution < -0.4 is 4.74 Å². The number of aryl methyl sites for hydroxylation is 1. The van der Waals surface area contributed by atoms with Gasteiger partial charge in [-0.25, -0.2) is 0 Å². The Bertz CT molecular complexity index is 1080. The molecule has 0 spiro atoms. The smallest absolute Gasteiger partial charge is 0.273 e. The summed E-state index contributed by atoms with van der Waals surface area (Å²) < 4.78 is 5.66. The van der Waals surface area contributed by atoms with Crippen molar-refractivity contribution in [2.75, 3.05) is 19.8 Å². The molecular weight excluding hydrogens is 382 g/mol. The van der Waals surface area contributed by atoms with Crippen LogP contribution in [0.15, 0.2) is 42.5 Å². The van der Waals surface area contributed by atoms with Gasteiger partial charge in [0.1, 0.15) is 22.9 Å². The molecule has 7 heteroatoms. The number of rotatable bonds is 7. The van der Waals surface area contributed by atoms with Crippen LogP contribution in [0.2, 0.25) is 0 Å². The summed E-state index contributed by atoms with van der Waals surface area (Å²) in [4.78, 5) is 14.9. The molecule has 30 heavy (non-hydrogen) atoms. The summed E-state index contributed by atoms with van der Waals surface area (Å²) in [5.74, 6) is 0.663. The zero-order valence-corrected chi connectivity index (χ0v) is 17.1. The Kier molecular flexibility index (Phi) is 5.46. The highest BCUT2D eigenvalue weighted by atomic mass is 16.5. The van der Waals surface area contributed by atoms with E-state index in [1.54, 1.807) is 11.0 Å². The number of carbonyl (C=O) groups is 1. The minimum absolute atomic E-state index is 0.00675. The second-order valence-corrected chi connectivity index (χ2v) is 7.37. The number of ether oxygens (including phenoxy) is 1. The molecule has 1 amide bonds. The molecule has 2 aromatic carbocycles. The van der Waals surface area contributed by atoms with E-state index >= 15 is 0 Å². The lowest BCUT2D eigenvalue weighted by molar-refractivity contribution is 0.0732. The zero-order chi connectivity index (χ0) is 21.3. The first-order valence-corrected chi connectivity index (χ1v) is 10.1. The van der Waals surface area contributed by atoms with Gasteiger partial charge >= 0.3 is 0 Å². The number of aromatic hydroxyl groups is 1. The summed E-state index contributed by atoms with van der Waals surface area (Å²) in [6.45, 7) is 4.80. The Morgan fingerprint density at radius 2 is 2.07 bits per heavy atom. The Morgan fingerprint density at radius 3 is 2.83 bits per heavy atom. The molecule has 1 aliphatic heterocycles. The van der Waals surface area contributed by atoms with Crippen LogP contribution in [0.4, 0.5) is 0 Å². The Balaban J connectivity index is 1.88. The van der Waals surface area contributed by atoms with Crippen molar-refractivity contribution in [3.63, 3.8) is 0 Å². The number of hydrogen-bond acceptors (Lipinski definition) is 5. The lowest BCUT2D eigenvalue weighted by atomic mass is 9.95. The van der Waals surface area contributed by atoms with Crippen molar-refractivity contribution in [3.05, 3.63) is 64.8 Å². The normalized spacial score (nSPS) is 15.5. The summed E-state index contributed by atoms with van der Waals surface area (Å²) >= 11 is 0. The summed E-state index contributed by atoms with van der Waals surface area (Å²) in [5, 5.41) is 27.1. The van der Waals surface area contributed by atoms with Crippen molar-refractivity contribution in [3.8, 4) is 22.8 Å². The molecule has 7 nitrogen and oxygen atoms in total. The fourth-order valence-electron chi connectivity index (χ4n) is 4.00. The van der Waals surface area contributed by atoms with Gasteiger partial charge in [-0.15, -0.1) is 0 Å². The van der Waals surface area contributed by atoms with Gasteiger partial charge in [0.25, 0.3) is 5.91 Å². The van der Waals surface area contributed by atoms with Gasteiger partial charge < -0.3 is 19.8 Å². The van der Waals surface area contributed by atoms with E-state index in [2.05, 4.69) is 10.2 Å². The number of amides is 1. The maximum atomic E-state index is 13.2. The van der Waals surface area contributed by atoms with Crippen LogP contribution in [0.5, 0.6) is 11.5 Å². The lowest BCUT2D eigenvalue weighted by Gasteiger charge is -2.26. The molecule has 156 valence electrons. The SMILES string of the molecule is CCOc1cccc([C@H]2c3c(-c4cc(C)ccc4O)n[nH]c3C(=O)N2CCCO)c1. The minimum atomic E-state index is -0.395. The van der Waals surface area contributed by atoms with E-state index in [1.165, 1.54) is 0 Å². The largest absolute Gasteiger partial charge is 0.507 e. The standard InChI is InChI=1S/C23H25N3O4/c1-3-30-16-7-4-6-15(13-16)22-19-20(17-12-14(2)8-9-18(17)28)24-25-21(19)23(29)26(22)10-5-11-27/h4,6-9,12-13,22,27-28H,3,5,10-11H2,1-2H3,(H,24,25)/t22-/m0/s1. The van der Waals surface area contributed by atoms with Crippen molar-refractivity contribution in [2.24, 2.45) is 0 Å². The molecular formula is C23H25N3O4. The second-order valence-electron chi connectivity index (χ2n) is 7.37. The summed E-state index contributed by atoms with van der Waals surface area (Å²) in [7, 11) is 0. The highest BCUT2D eigenvalue weighted by Gasteiger charge is 2.42. The first kappa shape index (κ1) is 20.0. The van der Waals surface area contributed by atoms with Crippen molar-refractivity contribution >= 4 is 5.91 Å². The third kappa shape index (κ3) is 3.41. The summed E-state index contributed by atoms with van der Waals surface area (Å²) in [5.41, 5.74) is 4.15. The number of nitrogens with zero attached hydrogens (tertiary/aromatic N) is 2. The Labute approximate surface area is 174 Å². The van der Waals surface area contributed by atoms with Gasteiger partial charge in [0.15, 0.2) is 0 Å². The fraction of sp³-hybridized carbons (Fsp3) is 0.304. The third-order valence-electron chi connectivity index (χ3n) is 5.31. The number of fused-ring (bicyclic) bond motifs is 1. The van der Waals surface area contributed by atoms with E-state index in [9.17, 15) is 15.0 Å². The van der Waals surface area contributed by atoms with Crippen molar-refractivity contribution in [1.82, 2.24) is 15.1 Å². The number of aromatic amines is 1. The number of aliphatic hydroxyl groups is 1. The Hall–Kier alpha value is -3.32. The van der Waals surface area contributed by atoms with Crippen molar-refractivity contribution < 1.29 is 19.7 Å². The number of H-pyrrole nitrogens is 1. The molecule has 3 aromatic rings. The molecule has 0 aliphatic carbocycles. The average Bonchev–Trinajstić information content (AvgIpc) is 3.28. The Morgan fingerprint density at radius 1 is 1.23 bits per heavy atom. The van der Waals surface area contributed by atoms with E-state index in [-0.39, 0.29) is 18.3 Å². The molecule has 0 radical (unpaired) electrons. The molecule has 4 rings (SSSR count). The number of benzene rings is 2. The number of carbonyl (C=O) groups excluding carboxylic acids is 1. The lowest BCUT2D eigenvalue weighted by Crippen LogP contribution is -2.31. The summed E-state index contributed by atoms with van der Waals surface area (Å²) in [6, 6.07) is 12.6. The monoisotopic (exact) mass is 407 g/mol. The number of aliphatic hydroxyl groups excluding tert-OH is 1. The molecule has 0 saturated heterocycles. The highest BCUT2D eigenvalue weighted by molar-refractivity contribution is 6.00. The van der Waals surface area contributed by atoms with Gasteiger partial charge in [0.2, 0.25) is 0 Å². The molecule has 0 bridgehead atoms. The molecule has 1 aromatic heterocycles. The molecule has 0 unspecified atom stereocenters. The van der Waals surface area contributed by atoms with Gasteiger partial charge in [-0.1, -0.05) is 23.8 Å². The van der Waals surface area contributed by atoms with E-state index in [1.807, 2.05) is 50.2 Å². The van der Waals surface area contributed by atoms with Crippen LogP contribution in [0.3, 0.4) is 0 Å². The molecule has 1 aliphatic rings. The highest BCUT2D eigenvalue weighted by Crippen LogP contribution is 2.45. The molecule has 1 atom stereocenters.